The molecule has 0 spiro atoms. The zero-order valence-corrected chi connectivity index (χ0v) is 18.9. The quantitative estimate of drug-likeness (QED) is 0.329. The molecule has 0 aliphatic heterocycles. The van der Waals surface area contributed by atoms with Gasteiger partial charge in [-0.3, -0.25) is 9.69 Å². The minimum atomic E-state index is -0.370. The van der Waals surface area contributed by atoms with Gasteiger partial charge in [-0.05, 0) is 72.1 Å². The molecule has 3 amide bonds. The highest BCUT2D eigenvalue weighted by atomic mass is 19.1. The number of carbonyl (C=O) groups is 2. The first-order valence-electron chi connectivity index (χ1n) is 11.2. The fourth-order valence-electron chi connectivity index (χ4n) is 3.84. The molecule has 0 bridgehead atoms. The molecule has 0 saturated heterocycles. The zero-order valence-electron chi connectivity index (χ0n) is 18.9. The van der Waals surface area contributed by atoms with E-state index in [0.717, 1.165) is 16.3 Å². The maximum atomic E-state index is 13.4. The van der Waals surface area contributed by atoms with E-state index in [1.165, 1.54) is 12.1 Å². The number of nitrogens with zero attached hydrogens (tertiary/aromatic N) is 1. The number of hydrogen-bond acceptors (Lipinski definition) is 2. The monoisotopic (exact) mass is 455 g/mol. The lowest BCUT2D eigenvalue weighted by Crippen LogP contribution is -2.37. The molecule has 0 atom stereocenters. The van der Waals surface area contributed by atoms with Gasteiger partial charge in [0.25, 0.3) is 5.91 Å². The molecule has 5 nitrogen and oxygen atoms in total. The summed E-state index contributed by atoms with van der Waals surface area (Å²) in [6, 6.07) is 26.4. The van der Waals surface area contributed by atoms with Gasteiger partial charge in [0, 0.05) is 30.0 Å². The van der Waals surface area contributed by atoms with Crippen LogP contribution in [0.3, 0.4) is 0 Å². The second-order valence-corrected chi connectivity index (χ2v) is 8.06. The van der Waals surface area contributed by atoms with Gasteiger partial charge in [0.15, 0.2) is 0 Å². The summed E-state index contributed by atoms with van der Waals surface area (Å²) in [5.41, 5.74) is 2.90. The van der Waals surface area contributed by atoms with E-state index in [1.54, 1.807) is 23.1 Å². The molecule has 172 valence electrons. The summed E-state index contributed by atoms with van der Waals surface area (Å²) < 4.78 is 13.4. The van der Waals surface area contributed by atoms with Crippen LogP contribution in [-0.2, 0) is 0 Å². The van der Waals surface area contributed by atoms with Crippen LogP contribution in [0, 0.1) is 12.7 Å². The van der Waals surface area contributed by atoms with Gasteiger partial charge in [0.1, 0.15) is 5.82 Å². The Hall–Kier alpha value is -4.19. The molecule has 0 radical (unpaired) electrons. The van der Waals surface area contributed by atoms with Gasteiger partial charge >= 0.3 is 6.03 Å². The molecule has 0 aliphatic rings. The highest BCUT2D eigenvalue weighted by molar-refractivity contribution is 6.07. The number of amides is 3. The Bertz CT molecular complexity index is 1300. The van der Waals surface area contributed by atoms with Crippen molar-refractivity contribution in [3.8, 4) is 0 Å². The SMILES string of the molecule is Cc1cccc(NC(=O)N(CCCNC(=O)c2cccc3ccccc23)c2ccc(F)cc2)c1. The number of urea groups is 1. The van der Waals surface area contributed by atoms with Crippen molar-refractivity contribution in [2.24, 2.45) is 0 Å². The van der Waals surface area contributed by atoms with Crippen molar-refractivity contribution < 1.29 is 14.0 Å². The smallest absolute Gasteiger partial charge is 0.326 e. The van der Waals surface area contributed by atoms with Crippen molar-refractivity contribution in [3.63, 3.8) is 0 Å². The van der Waals surface area contributed by atoms with E-state index in [4.69, 9.17) is 0 Å². The second-order valence-electron chi connectivity index (χ2n) is 8.06. The molecular formula is C28H26FN3O2. The standard InChI is InChI=1S/C28H26FN3O2/c1-20-7-4-10-23(19-20)31-28(34)32(24-15-13-22(29)14-16-24)18-6-17-30-27(33)26-12-5-9-21-8-2-3-11-25(21)26/h2-5,7-16,19H,6,17-18H2,1H3,(H,30,33)(H,31,34). The van der Waals surface area contributed by atoms with Crippen LogP contribution < -0.4 is 15.5 Å². The van der Waals surface area contributed by atoms with Crippen molar-refractivity contribution in [3.05, 3.63) is 108 Å². The summed E-state index contributed by atoms with van der Waals surface area (Å²) in [6.45, 7) is 2.68. The summed E-state index contributed by atoms with van der Waals surface area (Å²) in [7, 11) is 0. The van der Waals surface area contributed by atoms with Gasteiger partial charge in [-0.15, -0.1) is 0 Å². The first-order chi connectivity index (χ1) is 16.5. The largest absolute Gasteiger partial charge is 0.352 e. The van der Waals surface area contributed by atoms with E-state index in [-0.39, 0.29) is 17.8 Å². The molecule has 0 aliphatic carbocycles. The Morgan fingerprint density at radius 3 is 2.41 bits per heavy atom. The molecule has 2 N–H and O–H groups in total. The molecule has 0 fully saturated rings. The van der Waals surface area contributed by atoms with E-state index in [1.807, 2.05) is 67.6 Å². The van der Waals surface area contributed by atoms with Gasteiger partial charge in [-0.25, -0.2) is 9.18 Å². The number of benzene rings is 4. The number of fused-ring (bicyclic) bond motifs is 1. The average molecular weight is 456 g/mol. The van der Waals surface area contributed by atoms with Crippen molar-refractivity contribution in [2.75, 3.05) is 23.3 Å². The van der Waals surface area contributed by atoms with Crippen molar-refractivity contribution in [2.45, 2.75) is 13.3 Å². The van der Waals surface area contributed by atoms with Gasteiger partial charge in [0.2, 0.25) is 0 Å². The third-order valence-electron chi connectivity index (χ3n) is 5.53. The lowest BCUT2D eigenvalue weighted by Gasteiger charge is -2.23. The number of nitrogens with one attached hydrogen (secondary N) is 2. The topological polar surface area (TPSA) is 61.4 Å². The van der Waals surface area contributed by atoms with Crippen molar-refractivity contribution >= 4 is 34.1 Å². The lowest BCUT2D eigenvalue weighted by molar-refractivity contribution is 0.0955. The highest BCUT2D eigenvalue weighted by Crippen LogP contribution is 2.20. The van der Waals surface area contributed by atoms with Gasteiger partial charge in [-0.1, -0.05) is 48.5 Å². The number of halogens is 1. The minimum absolute atomic E-state index is 0.158. The Morgan fingerprint density at radius 2 is 1.62 bits per heavy atom. The van der Waals surface area contributed by atoms with E-state index < -0.39 is 0 Å². The lowest BCUT2D eigenvalue weighted by atomic mass is 10.0. The maximum absolute atomic E-state index is 13.4. The molecule has 4 rings (SSSR count). The fourth-order valence-corrected chi connectivity index (χ4v) is 3.84. The normalized spacial score (nSPS) is 10.6. The molecule has 34 heavy (non-hydrogen) atoms. The van der Waals surface area contributed by atoms with E-state index in [0.29, 0.717) is 36.4 Å². The number of hydrogen-bond donors (Lipinski definition) is 2. The van der Waals surface area contributed by atoms with Gasteiger partial charge in [-0.2, -0.15) is 0 Å². The first-order valence-corrected chi connectivity index (χ1v) is 11.2. The molecule has 4 aromatic carbocycles. The Morgan fingerprint density at radius 1 is 0.882 bits per heavy atom. The van der Waals surface area contributed by atoms with Crippen molar-refractivity contribution in [1.29, 1.82) is 0 Å². The third kappa shape index (κ3) is 5.59. The van der Waals surface area contributed by atoms with Crippen LogP contribution in [0.2, 0.25) is 0 Å². The molecule has 0 saturated carbocycles. The zero-order chi connectivity index (χ0) is 23.9. The maximum Gasteiger partial charge on any atom is 0.326 e. The van der Waals surface area contributed by atoms with E-state index in [9.17, 15) is 14.0 Å². The highest BCUT2D eigenvalue weighted by Gasteiger charge is 2.17. The summed E-state index contributed by atoms with van der Waals surface area (Å²) >= 11 is 0. The summed E-state index contributed by atoms with van der Waals surface area (Å²) in [5.74, 6) is -0.528. The molecule has 0 aromatic heterocycles. The van der Waals surface area contributed by atoms with Crippen LogP contribution in [0.5, 0.6) is 0 Å². The summed E-state index contributed by atoms with van der Waals surface area (Å²) in [6.07, 6.45) is 0.523. The van der Waals surface area contributed by atoms with E-state index >= 15 is 0 Å². The molecule has 0 unspecified atom stereocenters. The number of carbonyl (C=O) groups excluding carboxylic acids is 2. The molecular weight excluding hydrogens is 429 g/mol. The molecule has 4 aromatic rings. The van der Waals surface area contributed by atoms with Crippen LogP contribution in [0.25, 0.3) is 10.8 Å². The predicted molar refractivity (Wildman–Crippen MR) is 135 cm³/mol. The predicted octanol–water partition coefficient (Wildman–Crippen LogP) is 6.15. The van der Waals surface area contributed by atoms with Crippen LogP contribution in [0.15, 0.2) is 91.0 Å². The number of aryl methyl sites for hydroxylation is 1. The van der Waals surface area contributed by atoms with E-state index in [2.05, 4.69) is 10.6 Å². The van der Waals surface area contributed by atoms with Crippen LogP contribution in [0.4, 0.5) is 20.6 Å². The first kappa shape index (κ1) is 23.0. The summed E-state index contributed by atoms with van der Waals surface area (Å²) in [4.78, 5) is 27.4. The Balaban J connectivity index is 1.41. The third-order valence-corrected chi connectivity index (χ3v) is 5.53. The second kappa shape index (κ2) is 10.6. The van der Waals surface area contributed by atoms with Gasteiger partial charge in [0.05, 0.1) is 0 Å². The summed E-state index contributed by atoms with van der Waals surface area (Å²) in [5, 5.41) is 7.74. The number of anilines is 2. The van der Waals surface area contributed by atoms with Crippen LogP contribution in [-0.4, -0.2) is 25.0 Å². The Kier molecular flexibility index (Phi) is 7.18. The van der Waals surface area contributed by atoms with Crippen LogP contribution >= 0.6 is 0 Å². The molecule has 6 heteroatoms. The average Bonchev–Trinajstić information content (AvgIpc) is 2.84. The number of rotatable bonds is 7. The van der Waals surface area contributed by atoms with Crippen LogP contribution in [0.1, 0.15) is 22.3 Å². The minimum Gasteiger partial charge on any atom is -0.352 e. The van der Waals surface area contributed by atoms with Crippen molar-refractivity contribution in [1.82, 2.24) is 5.32 Å². The molecule has 0 heterocycles. The fraction of sp³-hybridized carbons (Fsp3) is 0.143. The van der Waals surface area contributed by atoms with Gasteiger partial charge < -0.3 is 10.6 Å². The Labute approximate surface area is 198 Å².